The molecular weight excluding hydrogens is 218 g/mol. The number of oxazole rings is 1. The van der Waals surface area contributed by atoms with Crippen molar-refractivity contribution in [2.24, 2.45) is 5.10 Å². The molecule has 0 radical (unpaired) electrons. The summed E-state index contributed by atoms with van der Waals surface area (Å²) in [6.07, 6.45) is 1.81. The standard InChI is InChI=1S/C11H11N5O/c1-7(9-4-3-5-13-9)15-16-11-10(6-12)14-8(2)17-11/h3-5,13,16H,1-2H3/b15-7-. The van der Waals surface area contributed by atoms with Crippen LogP contribution in [0.2, 0.25) is 0 Å². The molecule has 2 rings (SSSR count). The minimum absolute atomic E-state index is 0.200. The largest absolute Gasteiger partial charge is 0.422 e. The van der Waals surface area contributed by atoms with Gasteiger partial charge in [0.2, 0.25) is 5.69 Å². The Balaban J connectivity index is 2.17. The number of hydrazone groups is 1. The summed E-state index contributed by atoms with van der Waals surface area (Å²) < 4.78 is 5.21. The summed E-state index contributed by atoms with van der Waals surface area (Å²) in [6.45, 7) is 3.52. The van der Waals surface area contributed by atoms with Crippen LogP contribution in [-0.2, 0) is 0 Å². The van der Waals surface area contributed by atoms with Gasteiger partial charge in [0, 0.05) is 13.1 Å². The first-order chi connectivity index (χ1) is 8.20. The fraction of sp³-hybridized carbons (Fsp3) is 0.182. The molecular formula is C11H11N5O. The number of nitriles is 1. The quantitative estimate of drug-likeness (QED) is 0.622. The maximum Gasteiger partial charge on any atom is 0.252 e. The summed E-state index contributed by atoms with van der Waals surface area (Å²) >= 11 is 0. The molecule has 0 spiro atoms. The normalized spacial score (nSPS) is 11.2. The summed E-state index contributed by atoms with van der Waals surface area (Å²) in [5, 5.41) is 12.9. The number of rotatable bonds is 3. The highest BCUT2D eigenvalue weighted by Gasteiger charge is 2.09. The van der Waals surface area contributed by atoms with Crippen molar-refractivity contribution in [2.75, 3.05) is 5.43 Å². The van der Waals surface area contributed by atoms with Gasteiger partial charge < -0.3 is 9.40 Å². The van der Waals surface area contributed by atoms with Crippen LogP contribution in [-0.4, -0.2) is 15.7 Å². The average Bonchev–Trinajstić information content (AvgIpc) is 2.94. The molecule has 0 aliphatic heterocycles. The summed E-state index contributed by atoms with van der Waals surface area (Å²) in [7, 11) is 0. The zero-order chi connectivity index (χ0) is 12.3. The van der Waals surface area contributed by atoms with Crippen molar-refractivity contribution in [3.05, 3.63) is 35.6 Å². The topological polar surface area (TPSA) is 90.0 Å². The number of aromatic nitrogens is 2. The van der Waals surface area contributed by atoms with Gasteiger partial charge in [0.1, 0.15) is 6.07 Å². The number of nitrogens with one attached hydrogen (secondary N) is 2. The zero-order valence-corrected chi connectivity index (χ0v) is 9.48. The molecule has 0 aliphatic rings. The van der Waals surface area contributed by atoms with Gasteiger partial charge >= 0.3 is 0 Å². The van der Waals surface area contributed by atoms with Crippen LogP contribution in [0, 0.1) is 18.3 Å². The summed E-state index contributed by atoms with van der Waals surface area (Å²) in [5.41, 5.74) is 4.54. The average molecular weight is 229 g/mol. The number of H-pyrrole nitrogens is 1. The lowest BCUT2D eigenvalue weighted by atomic mass is 10.3. The van der Waals surface area contributed by atoms with E-state index in [0.29, 0.717) is 5.89 Å². The van der Waals surface area contributed by atoms with E-state index in [1.165, 1.54) is 0 Å². The second-order valence-corrected chi connectivity index (χ2v) is 3.42. The highest BCUT2D eigenvalue weighted by molar-refractivity contribution is 5.97. The molecule has 86 valence electrons. The molecule has 0 atom stereocenters. The second-order valence-electron chi connectivity index (χ2n) is 3.42. The Kier molecular flexibility index (Phi) is 2.92. The van der Waals surface area contributed by atoms with Gasteiger partial charge in [-0.05, 0) is 19.1 Å². The van der Waals surface area contributed by atoms with E-state index in [4.69, 9.17) is 9.68 Å². The maximum absolute atomic E-state index is 8.81. The van der Waals surface area contributed by atoms with Gasteiger partial charge in [-0.25, -0.2) is 10.4 Å². The van der Waals surface area contributed by atoms with Gasteiger partial charge in [-0.15, -0.1) is 0 Å². The molecule has 2 heterocycles. The number of aryl methyl sites for hydroxylation is 1. The van der Waals surface area contributed by atoms with E-state index >= 15 is 0 Å². The first-order valence-corrected chi connectivity index (χ1v) is 5.02. The smallest absolute Gasteiger partial charge is 0.252 e. The van der Waals surface area contributed by atoms with Gasteiger partial charge in [-0.1, -0.05) is 0 Å². The van der Waals surface area contributed by atoms with Gasteiger partial charge in [0.05, 0.1) is 11.4 Å². The lowest BCUT2D eigenvalue weighted by Crippen LogP contribution is -2.00. The first-order valence-electron chi connectivity index (χ1n) is 5.02. The monoisotopic (exact) mass is 229 g/mol. The third kappa shape index (κ3) is 2.34. The number of aromatic amines is 1. The highest BCUT2D eigenvalue weighted by atomic mass is 16.4. The van der Waals surface area contributed by atoms with Crippen molar-refractivity contribution in [3.63, 3.8) is 0 Å². The van der Waals surface area contributed by atoms with Crippen molar-refractivity contribution < 1.29 is 4.42 Å². The molecule has 0 aromatic carbocycles. The van der Waals surface area contributed by atoms with E-state index in [-0.39, 0.29) is 11.6 Å². The molecule has 2 aromatic heterocycles. The zero-order valence-electron chi connectivity index (χ0n) is 9.48. The van der Waals surface area contributed by atoms with E-state index in [2.05, 4.69) is 20.5 Å². The van der Waals surface area contributed by atoms with Gasteiger partial charge in [-0.3, -0.25) is 0 Å². The Morgan fingerprint density at radius 3 is 3.12 bits per heavy atom. The molecule has 6 nitrogen and oxygen atoms in total. The predicted molar refractivity (Wildman–Crippen MR) is 62.6 cm³/mol. The molecule has 0 amide bonds. The van der Waals surface area contributed by atoms with Crippen LogP contribution in [0.4, 0.5) is 5.88 Å². The van der Waals surface area contributed by atoms with Crippen LogP contribution in [0.1, 0.15) is 24.2 Å². The molecule has 0 saturated heterocycles. The van der Waals surface area contributed by atoms with Crippen molar-refractivity contribution >= 4 is 11.6 Å². The van der Waals surface area contributed by atoms with Crippen LogP contribution in [0.15, 0.2) is 27.8 Å². The summed E-state index contributed by atoms with van der Waals surface area (Å²) in [5.74, 6) is 0.688. The van der Waals surface area contributed by atoms with Crippen molar-refractivity contribution in [2.45, 2.75) is 13.8 Å². The number of hydrogen-bond donors (Lipinski definition) is 2. The van der Waals surface area contributed by atoms with Crippen LogP contribution in [0.5, 0.6) is 0 Å². The molecule has 0 fully saturated rings. The minimum Gasteiger partial charge on any atom is -0.422 e. The summed E-state index contributed by atoms with van der Waals surface area (Å²) in [4.78, 5) is 6.93. The Morgan fingerprint density at radius 2 is 2.47 bits per heavy atom. The molecule has 2 aromatic rings. The Labute approximate surface area is 98.0 Å². The van der Waals surface area contributed by atoms with E-state index < -0.39 is 0 Å². The van der Waals surface area contributed by atoms with Crippen molar-refractivity contribution in [1.29, 1.82) is 5.26 Å². The Morgan fingerprint density at radius 1 is 1.65 bits per heavy atom. The lowest BCUT2D eigenvalue weighted by Gasteiger charge is -1.98. The third-order valence-electron chi connectivity index (χ3n) is 2.15. The molecule has 17 heavy (non-hydrogen) atoms. The predicted octanol–water partition coefficient (Wildman–Crippen LogP) is 2.02. The number of anilines is 1. The second kappa shape index (κ2) is 4.53. The fourth-order valence-corrected chi connectivity index (χ4v) is 1.33. The molecule has 6 heteroatoms. The van der Waals surface area contributed by atoms with Gasteiger partial charge in [0.15, 0.2) is 5.89 Å². The fourth-order valence-electron chi connectivity index (χ4n) is 1.33. The lowest BCUT2D eigenvalue weighted by molar-refractivity contribution is 0.533. The Bertz CT molecular complexity index is 574. The third-order valence-corrected chi connectivity index (χ3v) is 2.15. The van der Waals surface area contributed by atoms with Crippen molar-refractivity contribution in [1.82, 2.24) is 9.97 Å². The number of nitrogens with zero attached hydrogens (tertiary/aromatic N) is 3. The molecule has 2 N–H and O–H groups in total. The molecule has 0 unspecified atom stereocenters. The van der Waals surface area contributed by atoms with E-state index in [9.17, 15) is 0 Å². The highest BCUT2D eigenvalue weighted by Crippen LogP contribution is 2.15. The molecule has 0 aliphatic carbocycles. The Hall–Kier alpha value is -2.55. The molecule has 0 bridgehead atoms. The van der Waals surface area contributed by atoms with Crippen LogP contribution in [0.3, 0.4) is 0 Å². The minimum atomic E-state index is 0.200. The van der Waals surface area contributed by atoms with E-state index in [0.717, 1.165) is 11.4 Å². The molecule has 0 saturated carbocycles. The first kappa shape index (κ1) is 11.0. The SMILES string of the molecule is C/C(=N/Nc1oc(C)nc1C#N)c1ccc[nH]1. The van der Waals surface area contributed by atoms with Crippen LogP contribution in [0.25, 0.3) is 0 Å². The van der Waals surface area contributed by atoms with E-state index in [1.807, 2.05) is 31.3 Å². The van der Waals surface area contributed by atoms with E-state index in [1.54, 1.807) is 6.92 Å². The van der Waals surface area contributed by atoms with Crippen molar-refractivity contribution in [3.8, 4) is 6.07 Å². The van der Waals surface area contributed by atoms with Crippen LogP contribution < -0.4 is 5.43 Å². The van der Waals surface area contributed by atoms with Gasteiger partial charge in [0.25, 0.3) is 5.88 Å². The summed E-state index contributed by atoms with van der Waals surface area (Å²) in [6, 6.07) is 5.71. The number of hydrogen-bond acceptors (Lipinski definition) is 5. The van der Waals surface area contributed by atoms with Crippen LogP contribution >= 0.6 is 0 Å². The maximum atomic E-state index is 8.81. The van der Waals surface area contributed by atoms with Gasteiger partial charge in [-0.2, -0.15) is 10.4 Å².